The molecule has 0 unspecified atom stereocenters. The maximum absolute atomic E-state index is 2.24. The molecule has 1 radical (unpaired) electrons. The maximum atomic E-state index is 2.24. The van der Waals surface area contributed by atoms with Crippen LogP contribution >= 0.6 is 0 Å². The van der Waals surface area contributed by atoms with E-state index in [0.717, 1.165) is 0 Å². The van der Waals surface area contributed by atoms with Crippen LogP contribution in [0.3, 0.4) is 0 Å². The summed E-state index contributed by atoms with van der Waals surface area (Å²) in [4.78, 5) is 0. The van der Waals surface area contributed by atoms with E-state index in [4.69, 9.17) is 0 Å². The van der Waals surface area contributed by atoms with Gasteiger partial charge in [0.05, 0.1) is 0 Å². The van der Waals surface area contributed by atoms with E-state index in [1.54, 1.807) is 0 Å². The molecule has 0 aliphatic heterocycles. The van der Waals surface area contributed by atoms with Gasteiger partial charge in [0.25, 0.3) is 0 Å². The quantitative estimate of drug-likeness (QED) is 0.634. The monoisotopic (exact) mass is 197 g/mol. The van der Waals surface area contributed by atoms with E-state index >= 15 is 0 Å². The molecule has 0 aromatic heterocycles. The fraction of sp³-hybridized carbons (Fsp3) is 0.267. The second-order valence-electron chi connectivity index (χ2n) is 5.00. The standard InChI is InChI=1S/C15H17/c1-15(2,3)14-10-8-13(9-11-14)12-6-4-5-7-12/h4-11H,1-3H3. The number of hydrogen-bond acceptors (Lipinski definition) is 0. The Balaban J connectivity index is 2.25. The van der Waals surface area contributed by atoms with Crippen molar-refractivity contribution in [2.24, 2.45) is 0 Å². The topological polar surface area (TPSA) is 0 Å². The second-order valence-corrected chi connectivity index (χ2v) is 5.00. The third-order valence-electron chi connectivity index (χ3n) is 2.75. The van der Waals surface area contributed by atoms with Gasteiger partial charge in [-0.1, -0.05) is 63.3 Å². The van der Waals surface area contributed by atoms with E-state index in [1.807, 2.05) is 0 Å². The van der Waals surface area contributed by atoms with Gasteiger partial charge in [-0.2, -0.15) is 0 Å². The van der Waals surface area contributed by atoms with Gasteiger partial charge < -0.3 is 0 Å². The fourth-order valence-electron chi connectivity index (χ4n) is 1.73. The van der Waals surface area contributed by atoms with Crippen LogP contribution in [0, 0.1) is 6.42 Å². The molecule has 2 rings (SSSR count). The van der Waals surface area contributed by atoms with Gasteiger partial charge in [-0.3, -0.25) is 0 Å². The van der Waals surface area contributed by atoms with Crippen molar-refractivity contribution in [2.45, 2.75) is 26.2 Å². The summed E-state index contributed by atoms with van der Waals surface area (Å²) in [6.45, 7) is 6.72. The summed E-state index contributed by atoms with van der Waals surface area (Å²) in [5.41, 5.74) is 4.23. The van der Waals surface area contributed by atoms with Crippen molar-refractivity contribution in [1.29, 1.82) is 0 Å². The lowest BCUT2D eigenvalue weighted by Gasteiger charge is -2.19. The smallest absolute Gasteiger partial charge is 0.0131 e. The molecule has 1 aliphatic carbocycles. The summed E-state index contributed by atoms with van der Waals surface area (Å²) < 4.78 is 0. The first kappa shape index (κ1) is 10.2. The third kappa shape index (κ3) is 2.20. The summed E-state index contributed by atoms with van der Waals surface area (Å²) >= 11 is 0. The Bertz CT molecular complexity index is 397. The molecule has 0 heteroatoms. The third-order valence-corrected chi connectivity index (χ3v) is 2.75. The van der Waals surface area contributed by atoms with Crippen molar-refractivity contribution in [1.82, 2.24) is 0 Å². The summed E-state index contributed by atoms with van der Waals surface area (Å²) in [7, 11) is 0. The van der Waals surface area contributed by atoms with Crippen molar-refractivity contribution in [3.8, 4) is 0 Å². The molecule has 0 bridgehead atoms. The van der Waals surface area contributed by atoms with E-state index in [0.29, 0.717) is 0 Å². The minimum atomic E-state index is 0.241. The number of hydrogen-bond donors (Lipinski definition) is 0. The molecule has 0 saturated heterocycles. The van der Waals surface area contributed by atoms with Crippen molar-refractivity contribution < 1.29 is 0 Å². The first-order chi connectivity index (χ1) is 7.07. The Hall–Kier alpha value is -1.30. The lowest BCUT2D eigenvalue weighted by Crippen LogP contribution is -2.10. The van der Waals surface area contributed by atoms with Crippen LogP contribution in [0.2, 0.25) is 0 Å². The molecule has 15 heavy (non-hydrogen) atoms. The normalized spacial score (nSPS) is 15.5. The van der Waals surface area contributed by atoms with Gasteiger partial charge in [-0.25, -0.2) is 0 Å². The molecule has 0 saturated carbocycles. The number of rotatable bonds is 1. The zero-order valence-electron chi connectivity index (χ0n) is 9.62. The van der Waals surface area contributed by atoms with Crippen molar-refractivity contribution in [2.75, 3.05) is 0 Å². The molecule has 0 spiro atoms. The van der Waals surface area contributed by atoms with Crippen molar-refractivity contribution >= 4 is 5.57 Å². The SMILES string of the molecule is CC(C)(C)c1ccc(C2=CC=C[CH]2)cc1. The zero-order valence-corrected chi connectivity index (χ0v) is 9.62. The van der Waals surface area contributed by atoms with E-state index < -0.39 is 0 Å². The predicted octanol–water partition coefficient (Wildman–Crippen LogP) is 4.14. The van der Waals surface area contributed by atoms with E-state index in [2.05, 4.69) is 69.7 Å². The average Bonchev–Trinajstić information content (AvgIpc) is 2.69. The molecule has 0 heterocycles. The lowest BCUT2D eigenvalue weighted by molar-refractivity contribution is 0.590. The Kier molecular flexibility index (Phi) is 2.52. The van der Waals surface area contributed by atoms with Crippen LogP contribution in [0.1, 0.15) is 31.9 Å². The van der Waals surface area contributed by atoms with Crippen LogP contribution < -0.4 is 0 Å². The minimum Gasteiger partial charge on any atom is -0.0760 e. The van der Waals surface area contributed by atoms with Gasteiger partial charge in [0.2, 0.25) is 0 Å². The van der Waals surface area contributed by atoms with Crippen molar-refractivity contribution in [3.05, 3.63) is 60.0 Å². The highest BCUT2D eigenvalue weighted by atomic mass is 14.2. The molecule has 0 N–H and O–H groups in total. The van der Waals surface area contributed by atoms with E-state index in [1.165, 1.54) is 16.7 Å². The summed E-state index contributed by atoms with van der Waals surface area (Å²) in [6, 6.07) is 8.86. The highest BCUT2D eigenvalue weighted by molar-refractivity contribution is 5.77. The first-order valence-corrected chi connectivity index (χ1v) is 5.40. The number of allylic oxidation sites excluding steroid dienone is 4. The molecule has 1 aromatic carbocycles. The maximum Gasteiger partial charge on any atom is 0.0131 e. The van der Waals surface area contributed by atoms with Gasteiger partial charge >= 0.3 is 0 Å². The largest absolute Gasteiger partial charge is 0.0760 e. The highest BCUT2D eigenvalue weighted by Crippen LogP contribution is 2.26. The summed E-state index contributed by atoms with van der Waals surface area (Å²) in [5.74, 6) is 0. The molecule has 0 atom stereocenters. The predicted molar refractivity (Wildman–Crippen MR) is 66.6 cm³/mol. The van der Waals surface area contributed by atoms with Gasteiger partial charge in [0.15, 0.2) is 0 Å². The van der Waals surface area contributed by atoms with Crippen LogP contribution in [0.4, 0.5) is 0 Å². The van der Waals surface area contributed by atoms with Crippen molar-refractivity contribution in [3.63, 3.8) is 0 Å². The molecule has 0 nitrogen and oxygen atoms in total. The van der Waals surface area contributed by atoms with E-state index in [-0.39, 0.29) is 5.41 Å². The average molecular weight is 197 g/mol. The zero-order chi connectivity index (χ0) is 10.9. The molecule has 77 valence electrons. The van der Waals surface area contributed by atoms with Crippen LogP contribution in [-0.2, 0) is 5.41 Å². The second kappa shape index (κ2) is 3.69. The molecule has 0 amide bonds. The molecular weight excluding hydrogens is 180 g/mol. The Morgan fingerprint density at radius 1 is 0.867 bits per heavy atom. The van der Waals surface area contributed by atoms with Crippen LogP contribution in [0.15, 0.2) is 42.5 Å². The van der Waals surface area contributed by atoms with Crippen LogP contribution in [0.5, 0.6) is 0 Å². The summed E-state index contributed by atoms with van der Waals surface area (Å²) in [5, 5.41) is 0. The Labute approximate surface area is 92.3 Å². The van der Waals surface area contributed by atoms with Gasteiger partial charge in [0, 0.05) is 6.42 Å². The Morgan fingerprint density at radius 2 is 1.53 bits per heavy atom. The lowest BCUT2D eigenvalue weighted by atomic mass is 9.86. The number of benzene rings is 1. The Morgan fingerprint density at radius 3 is 2.00 bits per heavy atom. The summed E-state index contributed by atoms with van der Waals surface area (Å²) in [6.07, 6.45) is 8.44. The van der Waals surface area contributed by atoms with Gasteiger partial charge in [-0.15, -0.1) is 0 Å². The molecule has 1 aliphatic rings. The molecule has 0 fully saturated rings. The fourth-order valence-corrected chi connectivity index (χ4v) is 1.73. The van der Waals surface area contributed by atoms with E-state index in [9.17, 15) is 0 Å². The van der Waals surface area contributed by atoms with Crippen LogP contribution in [0.25, 0.3) is 5.57 Å². The van der Waals surface area contributed by atoms with Gasteiger partial charge in [-0.05, 0) is 22.1 Å². The first-order valence-electron chi connectivity index (χ1n) is 5.40. The minimum absolute atomic E-state index is 0.241. The highest BCUT2D eigenvalue weighted by Gasteiger charge is 2.13. The molecular formula is C15H17. The van der Waals surface area contributed by atoms with Gasteiger partial charge in [0.1, 0.15) is 0 Å². The van der Waals surface area contributed by atoms with Crippen LogP contribution in [-0.4, -0.2) is 0 Å². The molecule has 1 aromatic rings.